The third-order valence-corrected chi connectivity index (χ3v) is 10.3. The number of piperidine rings is 2. The van der Waals surface area contributed by atoms with E-state index >= 15 is 0 Å². The van der Waals surface area contributed by atoms with Crippen molar-refractivity contribution in [2.24, 2.45) is 0 Å². The lowest BCUT2D eigenvalue weighted by Gasteiger charge is -2.42. The van der Waals surface area contributed by atoms with Gasteiger partial charge in [-0.2, -0.15) is 17.0 Å². The smallest absolute Gasteiger partial charge is 0.282 e. The molecule has 1 unspecified atom stereocenters. The first-order chi connectivity index (χ1) is 16.1. The van der Waals surface area contributed by atoms with Crippen molar-refractivity contribution in [3.8, 4) is 0 Å². The summed E-state index contributed by atoms with van der Waals surface area (Å²) in [6, 6.07) is 3.41. The molecule has 0 saturated carbocycles. The summed E-state index contributed by atoms with van der Waals surface area (Å²) in [4.78, 5) is 26.8. The maximum atomic E-state index is 13.5. The zero-order valence-corrected chi connectivity index (χ0v) is 21.2. The third kappa shape index (κ3) is 4.35. The maximum Gasteiger partial charge on any atom is 0.282 e. The van der Waals surface area contributed by atoms with E-state index in [2.05, 4.69) is 15.5 Å². The monoisotopic (exact) mass is 509 g/mol. The first-order valence-electron chi connectivity index (χ1n) is 12.0. The van der Waals surface area contributed by atoms with Crippen LogP contribution in [0.2, 0.25) is 5.02 Å². The first-order valence-corrected chi connectivity index (χ1v) is 13.8. The van der Waals surface area contributed by atoms with E-state index in [0.29, 0.717) is 48.2 Å². The number of carbonyl (C=O) groups is 2. The largest absolute Gasteiger partial charge is 0.349 e. The topological polar surface area (TPSA) is 102 Å². The average molecular weight is 510 g/mol. The van der Waals surface area contributed by atoms with Crippen molar-refractivity contribution in [3.63, 3.8) is 0 Å². The van der Waals surface area contributed by atoms with Crippen LogP contribution in [0.25, 0.3) is 0 Å². The summed E-state index contributed by atoms with van der Waals surface area (Å²) >= 11 is 6.33. The van der Waals surface area contributed by atoms with Crippen LogP contribution in [0, 0.1) is 0 Å². The SMILES string of the molecule is CN(C)C1CCN(S(=O)(=O)N2[C@@H]3CC[C@H]2CC(NC(=O)c2cc4c(cc2Cl)NC(=O)C4)C3)CC1. The van der Waals surface area contributed by atoms with Crippen LogP contribution in [0.15, 0.2) is 12.1 Å². The summed E-state index contributed by atoms with van der Waals surface area (Å²) in [5, 5.41) is 6.11. The molecule has 0 aliphatic carbocycles. The number of fused-ring (bicyclic) bond motifs is 3. The normalized spacial score (nSPS) is 28.2. The molecule has 2 N–H and O–H groups in total. The summed E-state index contributed by atoms with van der Waals surface area (Å²) in [6.45, 7) is 1.10. The fourth-order valence-corrected chi connectivity index (χ4v) is 8.36. The predicted molar refractivity (Wildman–Crippen MR) is 130 cm³/mol. The number of halogens is 1. The van der Waals surface area contributed by atoms with Crippen LogP contribution < -0.4 is 10.6 Å². The zero-order chi connectivity index (χ0) is 24.2. The number of benzene rings is 1. The van der Waals surface area contributed by atoms with Gasteiger partial charge in [-0.1, -0.05) is 11.6 Å². The second kappa shape index (κ2) is 9.05. The van der Waals surface area contributed by atoms with Gasteiger partial charge in [0, 0.05) is 42.9 Å². The number of hydrogen-bond donors (Lipinski definition) is 2. The number of nitrogens with one attached hydrogen (secondary N) is 2. The van der Waals surface area contributed by atoms with Gasteiger partial charge >= 0.3 is 0 Å². The van der Waals surface area contributed by atoms with Gasteiger partial charge in [0.05, 0.1) is 17.0 Å². The summed E-state index contributed by atoms with van der Waals surface area (Å²) in [6.07, 6.45) is 4.75. The highest BCUT2D eigenvalue weighted by Gasteiger charge is 2.49. The molecule has 186 valence electrons. The van der Waals surface area contributed by atoms with Crippen LogP contribution in [-0.2, 0) is 21.4 Å². The Morgan fingerprint density at radius 1 is 1.12 bits per heavy atom. The minimum Gasteiger partial charge on any atom is -0.349 e. The quantitative estimate of drug-likeness (QED) is 0.630. The molecule has 3 fully saturated rings. The Labute approximate surface area is 206 Å². The molecule has 0 spiro atoms. The number of nitrogens with zero attached hydrogens (tertiary/aromatic N) is 3. The minimum atomic E-state index is -3.52. The lowest BCUT2D eigenvalue weighted by molar-refractivity contribution is -0.115. The Bertz CT molecular complexity index is 1090. The van der Waals surface area contributed by atoms with Crippen LogP contribution >= 0.6 is 11.6 Å². The van der Waals surface area contributed by atoms with E-state index in [4.69, 9.17) is 11.6 Å². The fraction of sp³-hybridized carbons (Fsp3) is 0.652. The molecule has 3 atom stereocenters. The molecule has 9 nitrogen and oxygen atoms in total. The zero-order valence-electron chi connectivity index (χ0n) is 19.6. The summed E-state index contributed by atoms with van der Waals surface area (Å²) < 4.78 is 30.4. The maximum absolute atomic E-state index is 13.5. The van der Waals surface area contributed by atoms with Crippen molar-refractivity contribution in [2.45, 2.75) is 69.1 Å². The van der Waals surface area contributed by atoms with Gasteiger partial charge < -0.3 is 15.5 Å². The van der Waals surface area contributed by atoms with Gasteiger partial charge in [0.25, 0.3) is 16.1 Å². The molecule has 3 saturated heterocycles. The molecular formula is C23H32ClN5O4S. The number of amides is 2. The van der Waals surface area contributed by atoms with Gasteiger partial charge in [-0.3, -0.25) is 9.59 Å². The highest BCUT2D eigenvalue weighted by Crippen LogP contribution is 2.39. The van der Waals surface area contributed by atoms with Crippen LogP contribution in [-0.4, -0.2) is 85.1 Å². The minimum absolute atomic E-state index is 0.0991. The molecule has 4 heterocycles. The standard InChI is InChI=1S/C23H32ClN5O4S/c1-27(2)16-5-7-28(8-6-16)34(32,33)29-17-3-4-18(29)12-15(11-17)25-23(31)19-9-14-10-22(30)26-21(14)13-20(19)24/h9,13,15-18H,3-8,10-12H2,1-2H3,(H,25,31)(H,26,30)/t15?,17-,18+. The van der Waals surface area contributed by atoms with Crippen LogP contribution in [0.5, 0.6) is 0 Å². The van der Waals surface area contributed by atoms with Crippen molar-refractivity contribution >= 4 is 39.3 Å². The summed E-state index contributed by atoms with van der Waals surface area (Å²) in [7, 11) is 0.567. The Morgan fingerprint density at radius 2 is 1.76 bits per heavy atom. The number of anilines is 1. The van der Waals surface area contributed by atoms with Crippen LogP contribution in [0.1, 0.15) is 54.4 Å². The molecule has 1 aromatic rings. The molecule has 0 radical (unpaired) electrons. The number of rotatable bonds is 5. The molecular weight excluding hydrogens is 478 g/mol. The Morgan fingerprint density at radius 3 is 2.38 bits per heavy atom. The Hall–Kier alpha value is -1.72. The molecule has 34 heavy (non-hydrogen) atoms. The molecule has 2 bridgehead atoms. The van der Waals surface area contributed by atoms with E-state index in [1.807, 2.05) is 14.1 Å². The molecule has 11 heteroatoms. The highest BCUT2D eigenvalue weighted by atomic mass is 35.5. The van der Waals surface area contributed by atoms with Gasteiger partial charge in [0.1, 0.15) is 0 Å². The van der Waals surface area contributed by atoms with Gasteiger partial charge in [0.15, 0.2) is 0 Å². The van der Waals surface area contributed by atoms with E-state index in [9.17, 15) is 18.0 Å². The van der Waals surface area contributed by atoms with E-state index in [0.717, 1.165) is 31.2 Å². The molecule has 1 aromatic carbocycles. The number of carbonyl (C=O) groups excluding carboxylic acids is 2. The molecule has 0 aromatic heterocycles. The summed E-state index contributed by atoms with van der Waals surface area (Å²) in [5.74, 6) is -0.390. The van der Waals surface area contributed by atoms with Gasteiger partial charge in [-0.15, -0.1) is 0 Å². The van der Waals surface area contributed by atoms with Crippen LogP contribution in [0.4, 0.5) is 5.69 Å². The predicted octanol–water partition coefficient (Wildman–Crippen LogP) is 1.83. The van der Waals surface area contributed by atoms with Crippen molar-refractivity contribution in [1.29, 1.82) is 0 Å². The van der Waals surface area contributed by atoms with Crippen LogP contribution in [0.3, 0.4) is 0 Å². The average Bonchev–Trinajstić information content (AvgIpc) is 3.29. The second-order valence-electron chi connectivity index (χ2n) is 10.2. The van der Waals surface area contributed by atoms with E-state index in [-0.39, 0.29) is 36.4 Å². The van der Waals surface area contributed by atoms with Gasteiger partial charge in [-0.25, -0.2) is 0 Å². The lowest BCUT2D eigenvalue weighted by atomic mass is 9.99. The molecule has 4 aliphatic rings. The Kier molecular flexibility index (Phi) is 6.39. The highest BCUT2D eigenvalue weighted by molar-refractivity contribution is 7.86. The van der Waals surface area contributed by atoms with E-state index in [1.54, 1.807) is 20.7 Å². The third-order valence-electron chi connectivity index (χ3n) is 7.81. The molecule has 2 amide bonds. The van der Waals surface area contributed by atoms with E-state index in [1.165, 1.54) is 0 Å². The lowest BCUT2D eigenvalue weighted by Crippen LogP contribution is -2.57. The second-order valence-corrected chi connectivity index (χ2v) is 12.4. The number of hydrogen-bond acceptors (Lipinski definition) is 5. The first kappa shape index (κ1) is 24.0. The van der Waals surface area contributed by atoms with E-state index < -0.39 is 10.2 Å². The molecule has 5 rings (SSSR count). The van der Waals surface area contributed by atoms with Crippen molar-refractivity contribution < 1.29 is 18.0 Å². The fourth-order valence-electron chi connectivity index (χ4n) is 6.04. The summed E-state index contributed by atoms with van der Waals surface area (Å²) in [5.41, 5.74) is 1.76. The molecule has 4 aliphatic heterocycles. The van der Waals surface area contributed by atoms with Gasteiger partial charge in [-0.05, 0) is 70.3 Å². The van der Waals surface area contributed by atoms with Crippen molar-refractivity contribution in [3.05, 3.63) is 28.3 Å². The Balaban J connectivity index is 1.24. The van der Waals surface area contributed by atoms with Crippen molar-refractivity contribution in [1.82, 2.24) is 18.8 Å². The van der Waals surface area contributed by atoms with Gasteiger partial charge in [0.2, 0.25) is 5.91 Å². The van der Waals surface area contributed by atoms with Crippen molar-refractivity contribution in [2.75, 3.05) is 32.5 Å².